The molecule has 2 saturated carbocycles. The first kappa shape index (κ1) is 22.6. The third-order valence-electron chi connectivity index (χ3n) is 7.53. The zero-order valence-electron chi connectivity index (χ0n) is 19.3. The molecule has 0 unspecified atom stereocenters. The van der Waals surface area contributed by atoms with Gasteiger partial charge in [0.05, 0.1) is 18.9 Å². The fourth-order valence-corrected chi connectivity index (χ4v) is 5.54. The molecule has 2 fully saturated rings. The van der Waals surface area contributed by atoms with Crippen molar-refractivity contribution in [1.82, 2.24) is 0 Å². The zero-order chi connectivity index (χ0) is 22.6. The SMILES string of the molecule is COC(=O)C1CCC(C(=O)Oc2ccc(C3(c4ccc(C)cc4)CCCCC3)cc2)CC1. The maximum absolute atomic E-state index is 12.7. The van der Waals surface area contributed by atoms with Crippen LogP contribution in [0.25, 0.3) is 0 Å². The minimum Gasteiger partial charge on any atom is -0.469 e. The highest BCUT2D eigenvalue weighted by atomic mass is 16.5. The number of hydrogen-bond donors (Lipinski definition) is 0. The Morgan fingerprint density at radius 1 is 0.750 bits per heavy atom. The molecule has 2 aliphatic rings. The van der Waals surface area contributed by atoms with Crippen LogP contribution in [0.3, 0.4) is 0 Å². The monoisotopic (exact) mass is 434 g/mol. The van der Waals surface area contributed by atoms with Crippen LogP contribution in [-0.2, 0) is 19.7 Å². The second-order valence-electron chi connectivity index (χ2n) is 9.53. The van der Waals surface area contributed by atoms with Crippen LogP contribution in [0.4, 0.5) is 0 Å². The average molecular weight is 435 g/mol. The Bertz CT molecular complexity index is 915. The van der Waals surface area contributed by atoms with Crippen LogP contribution in [0, 0.1) is 18.8 Å². The number of benzene rings is 2. The van der Waals surface area contributed by atoms with E-state index in [4.69, 9.17) is 9.47 Å². The summed E-state index contributed by atoms with van der Waals surface area (Å²) in [6.07, 6.45) is 8.78. The van der Waals surface area contributed by atoms with Crippen LogP contribution in [0.2, 0.25) is 0 Å². The number of esters is 2. The lowest BCUT2D eigenvalue weighted by Gasteiger charge is -2.38. The quantitative estimate of drug-likeness (QED) is 0.420. The number of hydrogen-bond acceptors (Lipinski definition) is 4. The summed E-state index contributed by atoms with van der Waals surface area (Å²) in [6.45, 7) is 2.13. The highest BCUT2D eigenvalue weighted by Gasteiger charge is 2.36. The maximum Gasteiger partial charge on any atom is 0.314 e. The summed E-state index contributed by atoms with van der Waals surface area (Å²) in [4.78, 5) is 24.4. The van der Waals surface area contributed by atoms with Gasteiger partial charge >= 0.3 is 11.9 Å². The number of carbonyl (C=O) groups excluding carboxylic acids is 2. The fourth-order valence-electron chi connectivity index (χ4n) is 5.54. The van der Waals surface area contributed by atoms with Gasteiger partial charge in [0.1, 0.15) is 5.75 Å². The molecule has 0 atom stereocenters. The first-order valence-corrected chi connectivity index (χ1v) is 12.0. The van der Waals surface area contributed by atoms with Crippen LogP contribution in [-0.4, -0.2) is 19.0 Å². The van der Waals surface area contributed by atoms with Crippen LogP contribution < -0.4 is 4.74 Å². The van der Waals surface area contributed by atoms with Crippen molar-refractivity contribution in [1.29, 1.82) is 0 Å². The van der Waals surface area contributed by atoms with Gasteiger partial charge < -0.3 is 9.47 Å². The van der Waals surface area contributed by atoms with Crippen molar-refractivity contribution in [3.05, 3.63) is 65.2 Å². The Hall–Kier alpha value is -2.62. The molecule has 4 rings (SSSR count). The number of methoxy groups -OCH3 is 1. The number of ether oxygens (including phenoxy) is 2. The van der Waals surface area contributed by atoms with Crippen molar-refractivity contribution < 1.29 is 19.1 Å². The third-order valence-corrected chi connectivity index (χ3v) is 7.53. The molecule has 0 spiro atoms. The summed E-state index contributed by atoms with van der Waals surface area (Å²) in [5.74, 6) is 0.0120. The average Bonchev–Trinajstić information content (AvgIpc) is 2.85. The summed E-state index contributed by atoms with van der Waals surface area (Å²) in [7, 11) is 1.42. The van der Waals surface area contributed by atoms with E-state index in [0.29, 0.717) is 31.4 Å². The summed E-state index contributed by atoms with van der Waals surface area (Å²) < 4.78 is 10.6. The molecule has 0 N–H and O–H groups in total. The van der Waals surface area contributed by atoms with Gasteiger partial charge in [-0.2, -0.15) is 0 Å². The Morgan fingerprint density at radius 2 is 1.25 bits per heavy atom. The van der Waals surface area contributed by atoms with E-state index in [1.807, 2.05) is 12.1 Å². The molecule has 4 nitrogen and oxygen atoms in total. The van der Waals surface area contributed by atoms with Crippen LogP contribution in [0.5, 0.6) is 5.75 Å². The molecule has 2 aromatic rings. The van der Waals surface area contributed by atoms with Gasteiger partial charge in [-0.15, -0.1) is 0 Å². The topological polar surface area (TPSA) is 52.6 Å². The van der Waals surface area contributed by atoms with Crippen LogP contribution in [0.15, 0.2) is 48.5 Å². The molecule has 170 valence electrons. The molecule has 2 aromatic carbocycles. The first-order chi connectivity index (χ1) is 15.5. The normalized spacial score (nSPS) is 22.7. The summed E-state index contributed by atoms with van der Waals surface area (Å²) in [5.41, 5.74) is 4.01. The molecular formula is C28H34O4. The van der Waals surface area contributed by atoms with E-state index >= 15 is 0 Å². The van der Waals surface area contributed by atoms with Crippen molar-refractivity contribution in [3.8, 4) is 5.75 Å². The highest BCUT2D eigenvalue weighted by Crippen LogP contribution is 2.45. The van der Waals surface area contributed by atoms with E-state index in [0.717, 1.165) is 12.8 Å². The smallest absolute Gasteiger partial charge is 0.314 e. The Kier molecular flexibility index (Phi) is 6.98. The lowest BCUT2D eigenvalue weighted by atomic mass is 9.65. The largest absolute Gasteiger partial charge is 0.469 e. The summed E-state index contributed by atoms with van der Waals surface area (Å²) in [5, 5.41) is 0. The van der Waals surface area contributed by atoms with E-state index in [-0.39, 0.29) is 29.2 Å². The van der Waals surface area contributed by atoms with E-state index in [9.17, 15) is 9.59 Å². The van der Waals surface area contributed by atoms with E-state index in [2.05, 4.69) is 43.3 Å². The van der Waals surface area contributed by atoms with Gasteiger partial charge in [0.2, 0.25) is 0 Å². The highest BCUT2D eigenvalue weighted by molar-refractivity contribution is 5.76. The number of aryl methyl sites for hydroxylation is 1. The molecule has 0 amide bonds. The molecule has 32 heavy (non-hydrogen) atoms. The summed E-state index contributed by atoms with van der Waals surface area (Å²) in [6, 6.07) is 17.1. The van der Waals surface area contributed by atoms with Crippen molar-refractivity contribution in [2.75, 3.05) is 7.11 Å². The number of carbonyl (C=O) groups is 2. The van der Waals surface area contributed by atoms with Gasteiger partial charge in [0.25, 0.3) is 0 Å². The lowest BCUT2D eigenvalue weighted by molar-refractivity contribution is -0.149. The van der Waals surface area contributed by atoms with Gasteiger partial charge in [-0.3, -0.25) is 9.59 Å². The van der Waals surface area contributed by atoms with Gasteiger partial charge in [-0.25, -0.2) is 0 Å². The van der Waals surface area contributed by atoms with Gasteiger partial charge in [0.15, 0.2) is 0 Å². The minimum atomic E-state index is -0.188. The maximum atomic E-state index is 12.7. The predicted octanol–water partition coefficient (Wildman–Crippen LogP) is 6.13. The molecule has 4 heteroatoms. The molecule has 2 aliphatic carbocycles. The van der Waals surface area contributed by atoms with Crippen molar-refractivity contribution in [3.63, 3.8) is 0 Å². The van der Waals surface area contributed by atoms with E-state index in [1.165, 1.54) is 43.1 Å². The Morgan fingerprint density at radius 3 is 1.78 bits per heavy atom. The molecular weight excluding hydrogens is 400 g/mol. The van der Waals surface area contributed by atoms with E-state index < -0.39 is 0 Å². The van der Waals surface area contributed by atoms with Crippen molar-refractivity contribution >= 4 is 11.9 Å². The molecule has 0 saturated heterocycles. The standard InChI is InChI=1S/C28H34O4/c1-20-6-12-23(13-7-20)28(18-4-3-5-19-28)24-14-16-25(17-15-24)32-27(30)22-10-8-21(9-11-22)26(29)31-2/h6-7,12-17,21-22H,3-5,8-11,18-19H2,1-2H3. The first-order valence-electron chi connectivity index (χ1n) is 12.0. The Labute approximate surface area is 191 Å². The molecule has 0 aliphatic heterocycles. The van der Waals surface area contributed by atoms with Crippen molar-refractivity contribution in [2.45, 2.75) is 70.1 Å². The molecule has 0 aromatic heterocycles. The van der Waals surface area contributed by atoms with Gasteiger partial charge in [-0.05, 0) is 68.7 Å². The van der Waals surface area contributed by atoms with Crippen LogP contribution >= 0.6 is 0 Å². The molecule has 0 heterocycles. The number of rotatable bonds is 5. The fraction of sp³-hybridized carbons (Fsp3) is 0.500. The van der Waals surface area contributed by atoms with Crippen molar-refractivity contribution in [2.24, 2.45) is 11.8 Å². The second-order valence-corrected chi connectivity index (χ2v) is 9.53. The van der Waals surface area contributed by atoms with E-state index in [1.54, 1.807) is 0 Å². The van der Waals surface area contributed by atoms with Crippen LogP contribution in [0.1, 0.15) is 74.5 Å². The Balaban J connectivity index is 1.44. The predicted molar refractivity (Wildman–Crippen MR) is 125 cm³/mol. The molecule has 0 bridgehead atoms. The lowest BCUT2D eigenvalue weighted by Crippen LogP contribution is -2.30. The third kappa shape index (κ3) is 4.74. The second kappa shape index (κ2) is 9.89. The minimum absolute atomic E-state index is 0.0424. The zero-order valence-corrected chi connectivity index (χ0v) is 19.3. The summed E-state index contributed by atoms with van der Waals surface area (Å²) >= 11 is 0. The van der Waals surface area contributed by atoms with Gasteiger partial charge in [-0.1, -0.05) is 61.2 Å². The van der Waals surface area contributed by atoms with Gasteiger partial charge in [0, 0.05) is 5.41 Å². The molecule has 0 radical (unpaired) electrons.